The molecule has 1 unspecified atom stereocenters. The van der Waals surface area contributed by atoms with Crippen LogP contribution in [0.4, 0.5) is 5.82 Å². The zero-order valence-electron chi connectivity index (χ0n) is 8.54. The highest BCUT2D eigenvalue weighted by molar-refractivity contribution is 7.99. The van der Waals surface area contributed by atoms with Crippen LogP contribution in [-0.2, 0) is 0 Å². The van der Waals surface area contributed by atoms with Crippen molar-refractivity contribution in [3.63, 3.8) is 0 Å². The molecule has 1 rings (SSSR count). The predicted molar refractivity (Wildman–Crippen MR) is 63.2 cm³/mol. The molecule has 0 fully saturated rings. The van der Waals surface area contributed by atoms with Gasteiger partial charge in [0.25, 0.3) is 0 Å². The minimum atomic E-state index is 0.296. The number of anilines is 1. The number of nitrogens with one attached hydrogen (secondary N) is 1. The van der Waals surface area contributed by atoms with Gasteiger partial charge in [0.1, 0.15) is 5.82 Å². The smallest absolute Gasteiger partial charge is 0.224 e. The molecular weight excluding hydrogens is 218 g/mol. The van der Waals surface area contributed by atoms with Crippen molar-refractivity contribution in [2.75, 3.05) is 18.1 Å². The first-order valence-corrected chi connectivity index (χ1v) is 6.06. The summed E-state index contributed by atoms with van der Waals surface area (Å²) in [5.74, 6) is 0.795. The predicted octanol–water partition coefficient (Wildman–Crippen LogP) is 2.60. The molecule has 0 bridgehead atoms. The van der Waals surface area contributed by atoms with Crippen LogP contribution in [-0.4, -0.2) is 28.0 Å². The number of rotatable bonds is 4. The lowest BCUT2D eigenvalue weighted by Crippen LogP contribution is -2.13. The van der Waals surface area contributed by atoms with Gasteiger partial charge in [-0.15, -0.1) is 0 Å². The Kier molecular flexibility index (Phi) is 4.48. The molecule has 78 valence electrons. The van der Waals surface area contributed by atoms with Crippen molar-refractivity contribution >= 4 is 29.2 Å². The lowest BCUT2D eigenvalue weighted by Gasteiger charge is -2.10. The van der Waals surface area contributed by atoms with Gasteiger partial charge in [-0.2, -0.15) is 11.8 Å². The van der Waals surface area contributed by atoms with E-state index in [4.69, 9.17) is 11.6 Å². The number of nitrogens with zero attached hydrogens (tertiary/aromatic N) is 2. The summed E-state index contributed by atoms with van der Waals surface area (Å²) in [4.78, 5) is 8.06. The minimum absolute atomic E-state index is 0.296. The summed E-state index contributed by atoms with van der Waals surface area (Å²) in [6, 6.07) is 1.89. The maximum atomic E-state index is 5.73. The van der Waals surface area contributed by atoms with Gasteiger partial charge in [0.15, 0.2) is 0 Å². The molecule has 0 amide bonds. The van der Waals surface area contributed by atoms with Crippen molar-refractivity contribution in [3.05, 3.63) is 17.0 Å². The summed E-state index contributed by atoms with van der Waals surface area (Å²) in [5, 5.41) is 4.08. The average molecular weight is 232 g/mol. The maximum Gasteiger partial charge on any atom is 0.224 e. The van der Waals surface area contributed by atoms with E-state index in [2.05, 4.69) is 28.5 Å². The van der Waals surface area contributed by atoms with E-state index in [0.29, 0.717) is 10.5 Å². The summed E-state index contributed by atoms with van der Waals surface area (Å²) in [5.41, 5.74) is 0.879. The third-order valence-electron chi connectivity index (χ3n) is 1.80. The molecule has 0 aromatic carbocycles. The van der Waals surface area contributed by atoms with Crippen molar-refractivity contribution < 1.29 is 0 Å². The Morgan fingerprint density at radius 3 is 2.86 bits per heavy atom. The van der Waals surface area contributed by atoms with Gasteiger partial charge in [0.2, 0.25) is 5.28 Å². The Bertz CT molecular complexity index is 286. The fourth-order valence-corrected chi connectivity index (χ4v) is 1.43. The number of halogens is 1. The molecule has 0 radical (unpaired) electrons. The van der Waals surface area contributed by atoms with Gasteiger partial charge in [-0.1, -0.05) is 6.92 Å². The van der Waals surface area contributed by atoms with E-state index in [1.54, 1.807) is 0 Å². The molecule has 1 aromatic rings. The van der Waals surface area contributed by atoms with Crippen LogP contribution in [0.15, 0.2) is 6.07 Å². The molecule has 5 heteroatoms. The van der Waals surface area contributed by atoms with Crippen LogP contribution in [0.1, 0.15) is 12.6 Å². The second-order valence-corrected chi connectivity index (χ2v) is 4.71. The molecule has 1 aromatic heterocycles. The Morgan fingerprint density at radius 1 is 1.57 bits per heavy atom. The van der Waals surface area contributed by atoms with Crippen molar-refractivity contribution in [3.8, 4) is 0 Å². The van der Waals surface area contributed by atoms with Crippen molar-refractivity contribution in [2.45, 2.75) is 19.1 Å². The van der Waals surface area contributed by atoms with Crippen LogP contribution in [0, 0.1) is 6.92 Å². The van der Waals surface area contributed by atoms with Gasteiger partial charge >= 0.3 is 0 Å². The Balaban J connectivity index is 2.58. The second kappa shape index (κ2) is 5.41. The third-order valence-corrected chi connectivity index (χ3v) is 2.94. The molecule has 0 saturated heterocycles. The third kappa shape index (κ3) is 3.72. The Labute approximate surface area is 93.7 Å². The van der Waals surface area contributed by atoms with Gasteiger partial charge < -0.3 is 5.32 Å². The lowest BCUT2D eigenvalue weighted by atomic mass is 10.4. The number of aromatic nitrogens is 2. The zero-order valence-corrected chi connectivity index (χ0v) is 10.1. The number of aryl methyl sites for hydroxylation is 1. The summed E-state index contributed by atoms with van der Waals surface area (Å²) in [6.07, 6.45) is 2.09. The molecular formula is C9H14ClN3S. The SMILES string of the molecule is CSC(C)CNc1cc(C)nc(Cl)n1. The van der Waals surface area contributed by atoms with E-state index in [0.717, 1.165) is 18.1 Å². The van der Waals surface area contributed by atoms with E-state index in [-0.39, 0.29) is 0 Å². The summed E-state index contributed by atoms with van der Waals surface area (Å²) in [6.45, 7) is 4.94. The largest absolute Gasteiger partial charge is 0.369 e. The standard InChI is InChI=1S/C9H14ClN3S/c1-6-4-8(13-9(10)12-6)11-5-7(2)14-3/h4,7H,5H2,1-3H3,(H,11,12,13). The number of hydrogen-bond acceptors (Lipinski definition) is 4. The van der Waals surface area contributed by atoms with Crippen LogP contribution in [0.25, 0.3) is 0 Å². The molecule has 1 atom stereocenters. The van der Waals surface area contributed by atoms with Crippen LogP contribution in [0.5, 0.6) is 0 Å². The van der Waals surface area contributed by atoms with Gasteiger partial charge in [-0.05, 0) is 24.8 Å². The molecule has 1 N–H and O–H groups in total. The second-order valence-electron chi connectivity index (χ2n) is 3.09. The monoisotopic (exact) mass is 231 g/mol. The molecule has 0 aliphatic carbocycles. The molecule has 0 spiro atoms. The van der Waals surface area contributed by atoms with E-state index in [1.165, 1.54) is 0 Å². The van der Waals surface area contributed by atoms with Crippen molar-refractivity contribution in [1.82, 2.24) is 9.97 Å². The van der Waals surface area contributed by atoms with Crippen molar-refractivity contribution in [2.24, 2.45) is 0 Å². The van der Waals surface area contributed by atoms with E-state index in [1.807, 2.05) is 24.8 Å². The van der Waals surface area contributed by atoms with Crippen LogP contribution in [0.2, 0.25) is 5.28 Å². The average Bonchev–Trinajstić information content (AvgIpc) is 2.12. The lowest BCUT2D eigenvalue weighted by molar-refractivity contribution is 0.980. The Morgan fingerprint density at radius 2 is 2.29 bits per heavy atom. The summed E-state index contributed by atoms with van der Waals surface area (Å²) in [7, 11) is 0. The van der Waals surface area contributed by atoms with Gasteiger partial charge in [0, 0.05) is 23.6 Å². The topological polar surface area (TPSA) is 37.8 Å². The first-order valence-electron chi connectivity index (χ1n) is 4.39. The normalized spacial score (nSPS) is 12.6. The van der Waals surface area contributed by atoms with Crippen LogP contribution < -0.4 is 5.32 Å². The highest BCUT2D eigenvalue weighted by Crippen LogP contribution is 2.11. The van der Waals surface area contributed by atoms with E-state index in [9.17, 15) is 0 Å². The first kappa shape index (κ1) is 11.6. The molecule has 3 nitrogen and oxygen atoms in total. The molecule has 0 aliphatic rings. The number of thioether (sulfide) groups is 1. The maximum absolute atomic E-state index is 5.73. The van der Waals surface area contributed by atoms with Crippen LogP contribution in [0.3, 0.4) is 0 Å². The highest BCUT2D eigenvalue weighted by Gasteiger charge is 2.02. The summed E-state index contributed by atoms with van der Waals surface area (Å²) >= 11 is 7.55. The van der Waals surface area contributed by atoms with Crippen LogP contribution >= 0.6 is 23.4 Å². The minimum Gasteiger partial charge on any atom is -0.369 e. The highest BCUT2D eigenvalue weighted by atomic mass is 35.5. The fourth-order valence-electron chi connectivity index (χ4n) is 0.955. The van der Waals surface area contributed by atoms with E-state index < -0.39 is 0 Å². The molecule has 1 heterocycles. The van der Waals surface area contributed by atoms with Crippen molar-refractivity contribution in [1.29, 1.82) is 0 Å². The molecule has 14 heavy (non-hydrogen) atoms. The molecule has 0 aliphatic heterocycles. The van der Waals surface area contributed by atoms with Gasteiger partial charge in [-0.25, -0.2) is 9.97 Å². The molecule has 0 saturated carbocycles. The first-order chi connectivity index (χ1) is 6.61. The summed E-state index contributed by atoms with van der Waals surface area (Å²) < 4.78 is 0. The quantitative estimate of drug-likeness (QED) is 0.809. The number of hydrogen-bond donors (Lipinski definition) is 1. The van der Waals surface area contributed by atoms with Gasteiger partial charge in [0.05, 0.1) is 0 Å². The van der Waals surface area contributed by atoms with E-state index >= 15 is 0 Å². The van der Waals surface area contributed by atoms with Gasteiger partial charge in [-0.3, -0.25) is 0 Å². The fraction of sp³-hybridized carbons (Fsp3) is 0.556. The zero-order chi connectivity index (χ0) is 10.6. The Hall–Kier alpha value is -0.480.